The van der Waals surface area contributed by atoms with E-state index in [1.165, 1.54) is 0 Å². The van der Waals surface area contributed by atoms with Gasteiger partial charge in [-0.25, -0.2) is 4.98 Å². The molecule has 2 N–H and O–H groups in total. The highest BCUT2D eigenvalue weighted by Gasteiger charge is 2.13. The molecule has 5 rings (SSSR count). The normalized spacial score (nSPS) is 14.5. The minimum atomic E-state index is -0.867. The van der Waals surface area contributed by atoms with Crippen molar-refractivity contribution in [2.45, 2.75) is 6.42 Å². The first-order chi connectivity index (χ1) is 16.2. The Morgan fingerprint density at radius 2 is 2.09 bits per heavy atom. The van der Waals surface area contributed by atoms with Crippen LogP contribution in [0.25, 0.3) is 28.1 Å². The van der Waals surface area contributed by atoms with Gasteiger partial charge in [-0.15, -0.1) is 0 Å². The Labute approximate surface area is 190 Å². The molecule has 9 nitrogen and oxygen atoms in total. The number of aliphatic carboxylic acids is 1. The summed E-state index contributed by atoms with van der Waals surface area (Å²) in [5, 5.41) is 9.98. The van der Waals surface area contributed by atoms with E-state index < -0.39 is 5.97 Å². The number of carbonyl (C=O) groups is 1. The van der Waals surface area contributed by atoms with E-state index in [1.807, 2.05) is 24.3 Å². The average molecular weight is 447 g/mol. The molecule has 170 valence electrons. The zero-order chi connectivity index (χ0) is 22.6. The molecule has 1 fully saturated rings. The second-order valence-corrected chi connectivity index (χ2v) is 7.96. The first-order valence-corrected chi connectivity index (χ1v) is 10.9. The van der Waals surface area contributed by atoms with E-state index in [-0.39, 0.29) is 6.42 Å². The van der Waals surface area contributed by atoms with Crippen LogP contribution in [0.15, 0.2) is 55.1 Å². The maximum absolute atomic E-state index is 11.0. The number of rotatable bonds is 8. The van der Waals surface area contributed by atoms with Gasteiger partial charge in [-0.1, -0.05) is 6.07 Å². The van der Waals surface area contributed by atoms with Gasteiger partial charge in [0, 0.05) is 42.9 Å². The van der Waals surface area contributed by atoms with Gasteiger partial charge < -0.3 is 24.1 Å². The lowest BCUT2D eigenvalue weighted by molar-refractivity contribution is -0.136. The maximum atomic E-state index is 11.0. The highest BCUT2D eigenvalue weighted by Crippen LogP contribution is 2.30. The first kappa shape index (κ1) is 21.2. The quantitative estimate of drug-likeness (QED) is 0.428. The Bertz CT molecular complexity index is 1260. The molecule has 0 atom stereocenters. The lowest BCUT2D eigenvalue weighted by Gasteiger charge is -2.26. The number of morpholine rings is 1. The van der Waals surface area contributed by atoms with Crippen LogP contribution >= 0.6 is 0 Å². The molecule has 4 aromatic rings. The molecule has 0 radical (unpaired) electrons. The smallest absolute Gasteiger partial charge is 0.307 e. The number of carboxylic acids is 1. The SMILES string of the molecule is O=C(O)Cc1ccn(-c2cncc(-c3cc4c(OCCN5CCOCC5)cccc4[nH]3)n2)c1. The van der Waals surface area contributed by atoms with Gasteiger partial charge in [-0.2, -0.15) is 0 Å². The Balaban J connectivity index is 1.34. The van der Waals surface area contributed by atoms with E-state index in [0.717, 1.165) is 55.2 Å². The number of nitrogens with zero attached hydrogens (tertiary/aromatic N) is 4. The van der Waals surface area contributed by atoms with Crippen LogP contribution < -0.4 is 4.74 Å². The molecule has 4 heterocycles. The second-order valence-electron chi connectivity index (χ2n) is 7.96. The molecule has 1 aromatic carbocycles. The number of nitrogens with one attached hydrogen (secondary N) is 1. The van der Waals surface area contributed by atoms with Crippen molar-refractivity contribution >= 4 is 16.9 Å². The number of hydrogen-bond acceptors (Lipinski definition) is 6. The number of aromatic amines is 1. The summed E-state index contributed by atoms with van der Waals surface area (Å²) in [5.74, 6) is 0.578. The maximum Gasteiger partial charge on any atom is 0.307 e. The van der Waals surface area contributed by atoms with Crippen LogP contribution in [0, 0.1) is 0 Å². The monoisotopic (exact) mass is 447 g/mol. The molecule has 1 aliphatic heterocycles. The van der Waals surface area contributed by atoms with Gasteiger partial charge in [0.05, 0.1) is 37.7 Å². The topological polar surface area (TPSA) is 105 Å². The van der Waals surface area contributed by atoms with Crippen LogP contribution in [0.5, 0.6) is 5.75 Å². The third kappa shape index (κ3) is 4.89. The fourth-order valence-corrected chi connectivity index (χ4v) is 3.97. The minimum absolute atomic E-state index is 0.0313. The second kappa shape index (κ2) is 9.43. The fraction of sp³-hybridized carbons (Fsp3) is 0.292. The highest BCUT2D eigenvalue weighted by atomic mass is 16.5. The van der Waals surface area contributed by atoms with Crippen molar-refractivity contribution in [1.82, 2.24) is 24.4 Å². The Morgan fingerprint density at radius 1 is 1.21 bits per heavy atom. The molecule has 0 saturated carbocycles. The third-order valence-electron chi connectivity index (χ3n) is 5.66. The van der Waals surface area contributed by atoms with Crippen molar-refractivity contribution in [3.05, 3.63) is 60.7 Å². The predicted octanol–water partition coefficient (Wildman–Crippen LogP) is 2.75. The lowest BCUT2D eigenvalue weighted by atomic mass is 10.2. The Morgan fingerprint density at radius 3 is 2.94 bits per heavy atom. The number of hydrogen-bond donors (Lipinski definition) is 2. The highest BCUT2D eigenvalue weighted by molar-refractivity contribution is 5.90. The molecule has 33 heavy (non-hydrogen) atoms. The van der Waals surface area contributed by atoms with E-state index in [4.69, 9.17) is 19.6 Å². The Kier molecular flexibility index (Phi) is 6.05. The molecular weight excluding hydrogens is 422 g/mol. The predicted molar refractivity (Wildman–Crippen MR) is 123 cm³/mol. The minimum Gasteiger partial charge on any atom is -0.492 e. The van der Waals surface area contributed by atoms with E-state index in [0.29, 0.717) is 23.7 Å². The molecule has 9 heteroatoms. The lowest BCUT2D eigenvalue weighted by Crippen LogP contribution is -2.38. The van der Waals surface area contributed by atoms with Gasteiger partial charge in [0.2, 0.25) is 0 Å². The van der Waals surface area contributed by atoms with Gasteiger partial charge >= 0.3 is 5.97 Å². The van der Waals surface area contributed by atoms with Crippen molar-refractivity contribution in [2.24, 2.45) is 0 Å². The van der Waals surface area contributed by atoms with Crippen molar-refractivity contribution < 1.29 is 19.4 Å². The summed E-state index contributed by atoms with van der Waals surface area (Å²) < 4.78 is 13.3. The molecule has 0 amide bonds. The van der Waals surface area contributed by atoms with Crippen LogP contribution in [0.1, 0.15) is 5.56 Å². The van der Waals surface area contributed by atoms with Crippen molar-refractivity contribution in [2.75, 3.05) is 39.5 Å². The van der Waals surface area contributed by atoms with E-state index in [1.54, 1.807) is 35.4 Å². The zero-order valence-corrected chi connectivity index (χ0v) is 18.1. The summed E-state index contributed by atoms with van der Waals surface area (Å²) in [7, 11) is 0. The zero-order valence-electron chi connectivity index (χ0n) is 18.1. The summed E-state index contributed by atoms with van der Waals surface area (Å²) in [6, 6.07) is 9.75. The molecule has 1 saturated heterocycles. The third-order valence-corrected chi connectivity index (χ3v) is 5.66. The largest absolute Gasteiger partial charge is 0.492 e. The van der Waals surface area contributed by atoms with Crippen LogP contribution in [-0.2, 0) is 16.0 Å². The number of carboxylic acid groups (broad SMARTS) is 1. The molecule has 3 aromatic heterocycles. The number of H-pyrrole nitrogens is 1. The van der Waals surface area contributed by atoms with Crippen molar-refractivity contribution in [3.63, 3.8) is 0 Å². The van der Waals surface area contributed by atoms with Gasteiger partial charge in [-0.05, 0) is 29.8 Å². The van der Waals surface area contributed by atoms with Gasteiger partial charge in [-0.3, -0.25) is 14.7 Å². The molecule has 0 aliphatic carbocycles. The number of benzene rings is 1. The van der Waals surface area contributed by atoms with Gasteiger partial charge in [0.15, 0.2) is 5.82 Å². The van der Waals surface area contributed by atoms with E-state index in [2.05, 4.69) is 14.9 Å². The summed E-state index contributed by atoms with van der Waals surface area (Å²) in [6.07, 6.45) is 6.87. The van der Waals surface area contributed by atoms with Gasteiger partial charge in [0.1, 0.15) is 18.1 Å². The molecule has 0 bridgehead atoms. The molecule has 0 unspecified atom stereocenters. The van der Waals surface area contributed by atoms with Crippen LogP contribution in [0.3, 0.4) is 0 Å². The summed E-state index contributed by atoms with van der Waals surface area (Å²) in [4.78, 5) is 25.8. The summed E-state index contributed by atoms with van der Waals surface area (Å²) in [6.45, 7) is 4.92. The molecule has 0 spiro atoms. The summed E-state index contributed by atoms with van der Waals surface area (Å²) >= 11 is 0. The first-order valence-electron chi connectivity index (χ1n) is 10.9. The Hall–Kier alpha value is -3.69. The fourth-order valence-electron chi connectivity index (χ4n) is 3.97. The van der Waals surface area contributed by atoms with E-state index in [9.17, 15) is 4.79 Å². The van der Waals surface area contributed by atoms with Crippen LogP contribution in [0.4, 0.5) is 0 Å². The average Bonchev–Trinajstić information content (AvgIpc) is 3.47. The number of aromatic nitrogens is 4. The van der Waals surface area contributed by atoms with Crippen molar-refractivity contribution in [3.8, 4) is 23.0 Å². The van der Waals surface area contributed by atoms with Gasteiger partial charge in [0.25, 0.3) is 0 Å². The molecular formula is C24H25N5O4. The number of ether oxygens (including phenoxy) is 2. The molecule has 1 aliphatic rings. The van der Waals surface area contributed by atoms with E-state index >= 15 is 0 Å². The van der Waals surface area contributed by atoms with Crippen molar-refractivity contribution in [1.29, 1.82) is 0 Å². The summed E-state index contributed by atoms with van der Waals surface area (Å²) in [5.41, 5.74) is 3.20. The number of fused-ring (bicyclic) bond motifs is 1. The standard InChI is InChI=1S/C24H25N5O4/c30-24(31)12-17-4-5-29(16-17)23-15-25-14-21(27-23)20-13-18-19(26-20)2-1-3-22(18)33-11-8-28-6-9-32-10-7-28/h1-5,13-16,26H,6-12H2,(H,30,31). The van der Waals surface area contributed by atoms with Crippen LogP contribution in [-0.4, -0.2) is 74.9 Å². The van der Waals surface area contributed by atoms with Crippen LogP contribution in [0.2, 0.25) is 0 Å².